The lowest BCUT2D eigenvalue weighted by Crippen LogP contribution is -2.40. The predicted molar refractivity (Wildman–Crippen MR) is 65.4 cm³/mol. The summed E-state index contributed by atoms with van der Waals surface area (Å²) in [5, 5.41) is 0.259. The summed E-state index contributed by atoms with van der Waals surface area (Å²) in [4.78, 5) is 0. The molecule has 1 aromatic heterocycles. The molecule has 15 heavy (non-hydrogen) atoms. The van der Waals surface area contributed by atoms with Gasteiger partial charge in [0.15, 0.2) is 8.32 Å². The van der Waals surface area contributed by atoms with Crippen molar-refractivity contribution in [2.75, 3.05) is 0 Å². The molecule has 0 saturated heterocycles. The highest BCUT2D eigenvalue weighted by atomic mass is 28.4. The minimum absolute atomic E-state index is 0.259. The summed E-state index contributed by atoms with van der Waals surface area (Å²) in [5.74, 6) is 1.88. The first-order chi connectivity index (χ1) is 6.72. The molecule has 0 spiro atoms. The smallest absolute Gasteiger partial charge is 0.192 e. The van der Waals surface area contributed by atoms with Crippen LogP contribution in [0.1, 0.15) is 32.3 Å². The fraction of sp³-hybridized carbons (Fsp3) is 0.667. The minimum Gasteiger partial charge on any atom is -0.464 e. The molecule has 0 aliphatic rings. The molecule has 2 nitrogen and oxygen atoms in total. The van der Waals surface area contributed by atoms with Crippen LogP contribution in [0.3, 0.4) is 0 Å². The quantitative estimate of drug-likeness (QED) is 0.724. The molecule has 0 aliphatic carbocycles. The van der Waals surface area contributed by atoms with E-state index in [1.54, 1.807) is 0 Å². The van der Waals surface area contributed by atoms with Gasteiger partial charge in [-0.25, -0.2) is 0 Å². The third-order valence-electron chi connectivity index (χ3n) is 3.18. The molecule has 0 aromatic carbocycles. The fourth-order valence-corrected chi connectivity index (χ4v) is 1.97. The van der Waals surface area contributed by atoms with Crippen molar-refractivity contribution in [3.8, 4) is 0 Å². The van der Waals surface area contributed by atoms with Crippen LogP contribution >= 0.6 is 0 Å². The molecule has 0 bridgehead atoms. The summed E-state index contributed by atoms with van der Waals surface area (Å²) in [6, 6.07) is 3.97. The van der Waals surface area contributed by atoms with Gasteiger partial charge in [0, 0.05) is 0 Å². The van der Waals surface area contributed by atoms with Gasteiger partial charge in [0.2, 0.25) is 0 Å². The zero-order chi connectivity index (χ0) is 11.7. The summed E-state index contributed by atoms with van der Waals surface area (Å²) in [6.45, 7) is 13.8. The zero-order valence-electron chi connectivity index (χ0n) is 10.7. The summed E-state index contributed by atoms with van der Waals surface area (Å²) >= 11 is 0. The van der Waals surface area contributed by atoms with Crippen LogP contribution in [0.5, 0.6) is 0 Å². The van der Waals surface area contributed by atoms with E-state index in [2.05, 4.69) is 33.9 Å². The molecule has 0 N–H and O–H groups in total. The van der Waals surface area contributed by atoms with E-state index in [4.69, 9.17) is 8.84 Å². The molecule has 0 unspecified atom stereocenters. The first-order valence-electron chi connectivity index (χ1n) is 5.42. The zero-order valence-corrected chi connectivity index (χ0v) is 11.7. The Labute approximate surface area is 93.8 Å². The van der Waals surface area contributed by atoms with Crippen LogP contribution in [0.4, 0.5) is 0 Å². The van der Waals surface area contributed by atoms with Gasteiger partial charge < -0.3 is 8.84 Å². The summed E-state index contributed by atoms with van der Waals surface area (Å²) in [7, 11) is -1.64. The van der Waals surface area contributed by atoms with Crippen molar-refractivity contribution in [1.29, 1.82) is 0 Å². The molecule has 0 radical (unpaired) electrons. The van der Waals surface area contributed by atoms with Gasteiger partial charge in [-0.2, -0.15) is 0 Å². The van der Waals surface area contributed by atoms with Crippen LogP contribution in [-0.2, 0) is 11.0 Å². The number of rotatable bonds is 3. The summed E-state index contributed by atoms with van der Waals surface area (Å²) < 4.78 is 11.5. The number of aryl methyl sites for hydroxylation is 1. The molecule has 0 atom stereocenters. The Balaban J connectivity index is 2.57. The van der Waals surface area contributed by atoms with Crippen LogP contribution in [-0.4, -0.2) is 8.32 Å². The van der Waals surface area contributed by atoms with Gasteiger partial charge in [0.05, 0.1) is 6.61 Å². The van der Waals surface area contributed by atoms with E-state index in [9.17, 15) is 0 Å². The van der Waals surface area contributed by atoms with Gasteiger partial charge >= 0.3 is 0 Å². The lowest BCUT2D eigenvalue weighted by atomic mass is 10.2. The van der Waals surface area contributed by atoms with Crippen LogP contribution in [0.15, 0.2) is 16.5 Å². The molecule has 0 fully saturated rings. The molecular weight excluding hydrogens is 204 g/mol. The van der Waals surface area contributed by atoms with Gasteiger partial charge in [0.25, 0.3) is 0 Å². The largest absolute Gasteiger partial charge is 0.464 e. The van der Waals surface area contributed by atoms with E-state index in [-0.39, 0.29) is 5.04 Å². The van der Waals surface area contributed by atoms with Crippen molar-refractivity contribution >= 4 is 8.32 Å². The second-order valence-corrected chi connectivity index (χ2v) is 10.4. The number of furan rings is 1. The van der Waals surface area contributed by atoms with Crippen molar-refractivity contribution in [3.63, 3.8) is 0 Å². The summed E-state index contributed by atoms with van der Waals surface area (Å²) in [5.41, 5.74) is 0. The molecule has 1 aromatic rings. The number of hydrogen-bond acceptors (Lipinski definition) is 2. The first-order valence-corrected chi connectivity index (χ1v) is 8.32. The van der Waals surface area contributed by atoms with E-state index in [0.717, 1.165) is 11.5 Å². The third-order valence-corrected chi connectivity index (χ3v) is 7.66. The number of hydrogen-bond donors (Lipinski definition) is 0. The molecule has 0 saturated carbocycles. The van der Waals surface area contributed by atoms with Gasteiger partial charge in [-0.05, 0) is 37.2 Å². The lowest BCUT2D eigenvalue weighted by Gasteiger charge is -2.35. The van der Waals surface area contributed by atoms with Crippen LogP contribution in [0, 0.1) is 6.92 Å². The topological polar surface area (TPSA) is 22.4 Å². The van der Waals surface area contributed by atoms with Crippen LogP contribution in [0.2, 0.25) is 18.1 Å². The normalized spacial score (nSPS) is 13.2. The first kappa shape index (κ1) is 12.5. The van der Waals surface area contributed by atoms with Crippen molar-refractivity contribution < 1.29 is 8.84 Å². The van der Waals surface area contributed by atoms with Crippen molar-refractivity contribution in [2.45, 2.75) is 52.4 Å². The standard InChI is InChI=1S/C12H22O2Si/c1-10-7-8-11(14-10)9-13-15(5,6)12(2,3)4/h7-8H,9H2,1-6H3. The maximum absolute atomic E-state index is 6.04. The highest BCUT2D eigenvalue weighted by Gasteiger charge is 2.37. The maximum atomic E-state index is 6.04. The highest BCUT2D eigenvalue weighted by Crippen LogP contribution is 2.37. The van der Waals surface area contributed by atoms with E-state index in [1.807, 2.05) is 19.1 Å². The Bertz CT molecular complexity index is 321. The van der Waals surface area contributed by atoms with Gasteiger partial charge in [-0.15, -0.1) is 0 Å². The molecule has 1 heterocycles. The molecule has 3 heteroatoms. The van der Waals surface area contributed by atoms with Gasteiger partial charge in [0.1, 0.15) is 11.5 Å². The Morgan fingerprint density at radius 1 is 1.27 bits per heavy atom. The van der Waals surface area contributed by atoms with E-state index in [1.165, 1.54) is 0 Å². The highest BCUT2D eigenvalue weighted by molar-refractivity contribution is 6.74. The predicted octanol–water partition coefficient (Wildman–Crippen LogP) is 4.11. The average molecular weight is 226 g/mol. The Morgan fingerprint density at radius 3 is 2.27 bits per heavy atom. The average Bonchev–Trinajstić information content (AvgIpc) is 2.46. The second-order valence-electron chi connectivity index (χ2n) is 5.56. The molecular formula is C12H22O2Si. The van der Waals surface area contributed by atoms with E-state index < -0.39 is 8.32 Å². The summed E-state index contributed by atoms with van der Waals surface area (Å²) in [6.07, 6.45) is 0. The Kier molecular flexibility index (Phi) is 3.46. The van der Waals surface area contributed by atoms with Crippen molar-refractivity contribution in [1.82, 2.24) is 0 Å². The van der Waals surface area contributed by atoms with Gasteiger partial charge in [-0.3, -0.25) is 0 Å². The van der Waals surface area contributed by atoms with Crippen LogP contribution in [0.25, 0.3) is 0 Å². The van der Waals surface area contributed by atoms with Crippen molar-refractivity contribution in [2.24, 2.45) is 0 Å². The molecule has 0 aliphatic heterocycles. The molecule has 0 amide bonds. The molecule has 1 rings (SSSR count). The molecule has 86 valence electrons. The van der Waals surface area contributed by atoms with Gasteiger partial charge in [-0.1, -0.05) is 20.8 Å². The van der Waals surface area contributed by atoms with Crippen molar-refractivity contribution in [3.05, 3.63) is 23.7 Å². The minimum atomic E-state index is -1.64. The van der Waals surface area contributed by atoms with E-state index in [0.29, 0.717) is 6.61 Å². The fourth-order valence-electron chi connectivity index (χ4n) is 1.03. The maximum Gasteiger partial charge on any atom is 0.192 e. The monoisotopic (exact) mass is 226 g/mol. The Morgan fingerprint density at radius 2 is 1.87 bits per heavy atom. The lowest BCUT2D eigenvalue weighted by molar-refractivity contribution is 0.244. The second kappa shape index (κ2) is 4.14. The van der Waals surface area contributed by atoms with Crippen LogP contribution < -0.4 is 0 Å². The Hall–Kier alpha value is -0.543. The third kappa shape index (κ3) is 3.21. The SMILES string of the molecule is Cc1ccc(CO[Si](C)(C)C(C)(C)C)o1. The van der Waals surface area contributed by atoms with E-state index >= 15 is 0 Å².